The molecule has 1 fully saturated rings. The van der Waals surface area contributed by atoms with Gasteiger partial charge in [-0.15, -0.1) is 0 Å². The second-order valence-corrected chi connectivity index (χ2v) is 7.94. The molecule has 1 unspecified atom stereocenters. The highest BCUT2D eigenvalue weighted by molar-refractivity contribution is 5.88. The number of rotatable bonds is 8. The molecule has 1 atom stereocenters. The van der Waals surface area contributed by atoms with Gasteiger partial charge in [0.2, 0.25) is 0 Å². The Kier molecular flexibility index (Phi) is 6.82. The van der Waals surface area contributed by atoms with Gasteiger partial charge in [-0.25, -0.2) is 9.59 Å². The highest BCUT2D eigenvalue weighted by atomic mass is 16.5. The number of amides is 2. The minimum Gasteiger partial charge on any atom is -0.508 e. The molecule has 0 saturated carbocycles. The number of phenols is 1. The van der Waals surface area contributed by atoms with Crippen LogP contribution in [0.15, 0.2) is 48.5 Å². The SMILES string of the molecule is COCN1CC(C(=O)Oc2ccc(C(C)(C)c3ccc(O)cc3)cc2)N(COC)C1=O. The van der Waals surface area contributed by atoms with E-state index in [-0.39, 0.29) is 37.2 Å². The first-order valence-corrected chi connectivity index (χ1v) is 9.93. The molecule has 0 bridgehead atoms. The summed E-state index contributed by atoms with van der Waals surface area (Å²) in [6, 6.07) is 13.3. The summed E-state index contributed by atoms with van der Waals surface area (Å²) in [5.41, 5.74) is 1.78. The van der Waals surface area contributed by atoms with Crippen LogP contribution in [0.1, 0.15) is 25.0 Å². The van der Waals surface area contributed by atoms with Crippen LogP contribution in [0, 0.1) is 0 Å². The Morgan fingerprint density at radius 2 is 1.55 bits per heavy atom. The van der Waals surface area contributed by atoms with Crippen LogP contribution < -0.4 is 4.74 Å². The van der Waals surface area contributed by atoms with E-state index in [9.17, 15) is 14.7 Å². The van der Waals surface area contributed by atoms with Crippen molar-refractivity contribution in [3.8, 4) is 11.5 Å². The average Bonchev–Trinajstić information content (AvgIpc) is 3.05. The van der Waals surface area contributed by atoms with Crippen LogP contribution in [0.25, 0.3) is 0 Å². The molecule has 8 nitrogen and oxygen atoms in total. The van der Waals surface area contributed by atoms with Gasteiger partial charge in [-0.2, -0.15) is 0 Å². The smallest absolute Gasteiger partial charge is 0.336 e. The summed E-state index contributed by atoms with van der Waals surface area (Å²) in [6.45, 7) is 4.40. The molecule has 0 aromatic heterocycles. The molecule has 3 rings (SSSR count). The first-order chi connectivity index (χ1) is 14.8. The number of hydrogen-bond acceptors (Lipinski definition) is 6. The molecular weight excluding hydrogens is 400 g/mol. The number of hydrogen-bond donors (Lipinski definition) is 1. The van der Waals surface area contributed by atoms with Crippen molar-refractivity contribution < 1.29 is 28.9 Å². The molecule has 0 spiro atoms. The fraction of sp³-hybridized carbons (Fsp3) is 0.391. The number of carbonyl (C=O) groups is 2. The van der Waals surface area contributed by atoms with Crippen molar-refractivity contribution in [2.75, 3.05) is 34.2 Å². The first kappa shape index (κ1) is 22.6. The van der Waals surface area contributed by atoms with Gasteiger partial charge in [0.25, 0.3) is 0 Å². The third kappa shape index (κ3) is 4.81. The van der Waals surface area contributed by atoms with Crippen LogP contribution in [-0.4, -0.2) is 67.2 Å². The maximum atomic E-state index is 12.8. The van der Waals surface area contributed by atoms with Crippen molar-refractivity contribution in [3.63, 3.8) is 0 Å². The number of urea groups is 1. The van der Waals surface area contributed by atoms with Crippen LogP contribution in [0.2, 0.25) is 0 Å². The number of ether oxygens (including phenoxy) is 3. The van der Waals surface area contributed by atoms with E-state index in [2.05, 4.69) is 13.8 Å². The van der Waals surface area contributed by atoms with Crippen LogP contribution in [0.3, 0.4) is 0 Å². The number of aromatic hydroxyl groups is 1. The van der Waals surface area contributed by atoms with Crippen molar-refractivity contribution in [2.45, 2.75) is 25.3 Å². The second kappa shape index (κ2) is 9.36. The van der Waals surface area contributed by atoms with Crippen molar-refractivity contribution in [3.05, 3.63) is 59.7 Å². The molecule has 2 amide bonds. The summed E-state index contributed by atoms with van der Waals surface area (Å²) >= 11 is 0. The number of phenolic OH excluding ortho intramolecular Hbond substituents is 1. The second-order valence-electron chi connectivity index (χ2n) is 7.94. The molecule has 166 valence electrons. The van der Waals surface area contributed by atoms with Gasteiger partial charge in [0.15, 0.2) is 6.04 Å². The molecule has 1 saturated heterocycles. The number of methoxy groups -OCH3 is 2. The highest BCUT2D eigenvalue weighted by Gasteiger charge is 2.42. The lowest BCUT2D eigenvalue weighted by Crippen LogP contribution is -2.42. The van der Waals surface area contributed by atoms with Crippen LogP contribution in [0.4, 0.5) is 4.79 Å². The van der Waals surface area contributed by atoms with Crippen molar-refractivity contribution in [1.82, 2.24) is 9.80 Å². The molecule has 2 aromatic rings. The van der Waals surface area contributed by atoms with E-state index in [1.54, 1.807) is 24.3 Å². The lowest BCUT2D eigenvalue weighted by Gasteiger charge is -2.26. The number of nitrogens with zero attached hydrogens (tertiary/aromatic N) is 2. The Morgan fingerprint density at radius 3 is 2.10 bits per heavy atom. The first-order valence-electron chi connectivity index (χ1n) is 9.93. The largest absolute Gasteiger partial charge is 0.508 e. The predicted molar refractivity (Wildman–Crippen MR) is 114 cm³/mol. The molecule has 2 aromatic carbocycles. The predicted octanol–water partition coefficient (Wildman–Crippen LogP) is 2.94. The summed E-state index contributed by atoms with van der Waals surface area (Å²) in [5, 5.41) is 9.53. The topological polar surface area (TPSA) is 88.5 Å². The molecular formula is C23H28N2O6. The Morgan fingerprint density at radius 1 is 1.00 bits per heavy atom. The Labute approximate surface area is 181 Å². The van der Waals surface area contributed by atoms with Crippen molar-refractivity contribution >= 4 is 12.0 Å². The molecule has 31 heavy (non-hydrogen) atoms. The maximum absolute atomic E-state index is 12.8. The third-order valence-corrected chi connectivity index (χ3v) is 5.49. The van der Waals surface area contributed by atoms with E-state index in [1.807, 2.05) is 24.3 Å². The molecule has 1 N–H and O–H groups in total. The van der Waals surface area contributed by atoms with Crippen molar-refractivity contribution in [2.24, 2.45) is 0 Å². The van der Waals surface area contributed by atoms with Gasteiger partial charge in [-0.1, -0.05) is 38.1 Å². The van der Waals surface area contributed by atoms with Gasteiger partial charge in [0.1, 0.15) is 25.0 Å². The monoisotopic (exact) mass is 428 g/mol. The highest BCUT2D eigenvalue weighted by Crippen LogP contribution is 2.33. The number of esters is 1. The van der Waals surface area contributed by atoms with E-state index < -0.39 is 12.0 Å². The van der Waals surface area contributed by atoms with E-state index in [0.717, 1.165) is 11.1 Å². The molecule has 1 heterocycles. The molecule has 1 aliphatic rings. The molecule has 1 aliphatic heterocycles. The summed E-state index contributed by atoms with van der Waals surface area (Å²) in [7, 11) is 2.95. The summed E-state index contributed by atoms with van der Waals surface area (Å²) in [5.74, 6) is 0.0820. The maximum Gasteiger partial charge on any atom is 0.336 e. The van der Waals surface area contributed by atoms with Gasteiger partial charge in [-0.3, -0.25) is 9.80 Å². The minimum atomic E-state index is -0.782. The Hall–Kier alpha value is -3.10. The molecule has 0 aliphatic carbocycles. The Balaban J connectivity index is 1.72. The summed E-state index contributed by atoms with van der Waals surface area (Å²) in [4.78, 5) is 27.9. The molecule has 0 radical (unpaired) electrons. The lowest BCUT2D eigenvalue weighted by atomic mass is 9.78. The third-order valence-electron chi connectivity index (χ3n) is 5.49. The zero-order valence-corrected chi connectivity index (χ0v) is 18.2. The zero-order chi connectivity index (χ0) is 22.6. The van der Waals surface area contributed by atoms with Gasteiger partial charge in [0.05, 0.1) is 6.54 Å². The minimum absolute atomic E-state index is 0.0153. The lowest BCUT2D eigenvalue weighted by molar-refractivity contribution is -0.139. The Bertz CT molecular complexity index is 911. The normalized spacial score (nSPS) is 16.6. The fourth-order valence-corrected chi connectivity index (χ4v) is 3.62. The standard InChI is InChI=1S/C23H28N2O6/c1-23(2,16-5-9-18(26)10-6-16)17-7-11-19(12-8-17)31-21(27)20-13-24(14-29-3)22(28)25(20)15-30-4/h5-12,20,26H,13-15H2,1-4H3. The van der Waals surface area contributed by atoms with Gasteiger partial charge in [0, 0.05) is 19.6 Å². The van der Waals surface area contributed by atoms with E-state index >= 15 is 0 Å². The van der Waals surface area contributed by atoms with Gasteiger partial charge < -0.3 is 19.3 Å². The van der Waals surface area contributed by atoms with Gasteiger partial charge >= 0.3 is 12.0 Å². The van der Waals surface area contributed by atoms with E-state index in [1.165, 1.54) is 24.0 Å². The van der Waals surface area contributed by atoms with E-state index in [4.69, 9.17) is 14.2 Å². The summed E-state index contributed by atoms with van der Waals surface area (Å²) in [6.07, 6.45) is 0. The quantitative estimate of drug-likeness (QED) is 0.514. The summed E-state index contributed by atoms with van der Waals surface area (Å²) < 4.78 is 15.6. The van der Waals surface area contributed by atoms with Gasteiger partial charge in [-0.05, 0) is 35.4 Å². The van der Waals surface area contributed by atoms with Crippen molar-refractivity contribution in [1.29, 1.82) is 0 Å². The number of carbonyl (C=O) groups excluding carboxylic acids is 2. The fourth-order valence-electron chi connectivity index (χ4n) is 3.62. The van der Waals surface area contributed by atoms with Crippen LogP contribution in [-0.2, 0) is 19.7 Å². The van der Waals surface area contributed by atoms with E-state index in [0.29, 0.717) is 5.75 Å². The average molecular weight is 428 g/mol. The zero-order valence-electron chi connectivity index (χ0n) is 18.2. The van der Waals surface area contributed by atoms with Crippen LogP contribution in [0.5, 0.6) is 11.5 Å². The van der Waals surface area contributed by atoms with Crippen LogP contribution >= 0.6 is 0 Å². The number of benzene rings is 2. The molecule has 8 heteroatoms.